The highest BCUT2D eigenvalue weighted by Crippen LogP contribution is 2.32. The normalized spacial score (nSPS) is 16.0. The van der Waals surface area contributed by atoms with Crippen molar-refractivity contribution in [3.8, 4) is 11.5 Å². The van der Waals surface area contributed by atoms with E-state index in [1.165, 1.54) is 25.8 Å². The Balaban J connectivity index is 2.35. The van der Waals surface area contributed by atoms with Gasteiger partial charge in [0.1, 0.15) is 10.1 Å². The molecule has 0 bridgehead atoms. The third kappa shape index (κ3) is 3.89. The number of aliphatic imine (C=N–C) groups is 1. The van der Waals surface area contributed by atoms with Crippen molar-refractivity contribution < 1.29 is 19.1 Å². The second-order valence-corrected chi connectivity index (χ2v) is 6.02. The van der Waals surface area contributed by atoms with Crippen molar-refractivity contribution in [2.45, 2.75) is 6.92 Å². The van der Waals surface area contributed by atoms with Gasteiger partial charge in [-0.05, 0) is 41.8 Å². The molecule has 0 unspecified atom stereocenters. The number of carbonyl (C=O) groups excluding carboxylic acids is 2. The van der Waals surface area contributed by atoms with Gasteiger partial charge in [-0.1, -0.05) is 6.07 Å². The highest BCUT2D eigenvalue weighted by Gasteiger charge is 2.21. The van der Waals surface area contributed by atoms with Crippen molar-refractivity contribution >= 4 is 45.1 Å². The van der Waals surface area contributed by atoms with Crippen LogP contribution in [0.25, 0.3) is 6.08 Å². The van der Waals surface area contributed by atoms with Crippen molar-refractivity contribution in [3.05, 3.63) is 29.5 Å². The minimum absolute atomic E-state index is 0.0933. The molecule has 1 aliphatic rings. The molecule has 0 aliphatic carbocycles. The summed E-state index contributed by atoms with van der Waals surface area (Å²) in [6.07, 6.45) is 3.53. The summed E-state index contributed by atoms with van der Waals surface area (Å²) >= 11 is 2.54. The molecule has 0 saturated carbocycles. The molecular formula is C14H13NO4S2. The van der Waals surface area contributed by atoms with Crippen LogP contribution < -0.4 is 9.47 Å². The zero-order chi connectivity index (χ0) is 15.4. The monoisotopic (exact) mass is 323 g/mol. The lowest BCUT2D eigenvalue weighted by Gasteiger charge is -2.08. The van der Waals surface area contributed by atoms with E-state index in [9.17, 15) is 9.59 Å². The predicted octanol–water partition coefficient (Wildman–Crippen LogP) is 2.95. The van der Waals surface area contributed by atoms with Crippen molar-refractivity contribution in [2.75, 3.05) is 13.4 Å². The topological polar surface area (TPSA) is 65.0 Å². The Morgan fingerprint density at radius 1 is 1.38 bits per heavy atom. The van der Waals surface area contributed by atoms with Crippen molar-refractivity contribution in [3.63, 3.8) is 0 Å². The molecule has 110 valence electrons. The number of rotatable bonds is 3. The number of thioether (sulfide) groups is 2. The number of benzene rings is 1. The summed E-state index contributed by atoms with van der Waals surface area (Å²) in [5.74, 6) is 0.326. The van der Waals surface area contributed by atoms with Gasteiger partial charge in [0.25, 0.3) is 0 Å². The molecule has 0 N–H and O–H groups in total. The fourth-order valence-corrected chi connectivity index (χ4v) is 2.91. The Morgan fingerprint density at radius 3 is 2.71 bits per heavy atom. The van der Waals surface area contributed by atoms with E-state index in [2.05, 4.69) is 4.99 Å². The van der Waals surface area contributed by atoms with Crippen molar-refractivity contribution in [2.24, 2.45) is 4.99 Å². The molecular weight excluding hydrogens is 310 g/mol. The molecule has 1 aliphatic heterocycles. The van der Waals surface area contributed by atoms with Gasteiger partial charge in [0.2, 0.25) is 5.12 Å². The van der Waals surface area contributed by atoms with Crippen LogP contribution in [0.3, 0.4) is 0 Å². The first-order chi connectivity index (χ1) is 10.0. The van der Waals surface area contributed by atoms with E-state index in [0.29, 0.717) is 22.8 Å². The van der Waals surface area contributed by atoms with E-state index in [1.807, 2.05) is 6.26 Å². The molecule has 0 spiro atoms. The third-order valence-electron chi connectivity index (χ3n) is 2.52. The molecule has 1 aromatic rings. The number of ether oxygens (including phenoxy) is 2. The Kier molecular flexibility index (Phi) is 5.08. The van der Waals surface area contributed by atoms with Gasteiger partial charge in [-0.15, -0.1) is 11.8 Å². The van der Waals surface area contributed by atoms with Crippen LogP contribution in [0.2, 0.25) is 0 Å². The van der Waals surface area contributed by atoms with Crippen LogP contribution in [0, 0.1) is 0 Å². The molecule has 5 nitrogen and oxygen atoms in total. The van der Waals surface area contributed by atoms with Gasteiger partial charge in [-0.25, -0.2) is 4.99 Å². The van der Waals surface area contributed by atoms with E-state index in [1.54, 1.807) is 24.3 Å². The van der Waals surface area contributed by atoms with Crippen LogP contribution >= 0.6 is 23.5 Å². The van der Waals surface area contributed by atoms with E-state index in [4.69, 9.17) is 9.47 Å². The molecule has 1 heterocycles. The maximum atomic E-state index is 11.8. The van der Waals surface area contributed by atoms with Crippen molar-refractivity contribution in [1.29, 1.82) is 0 Å². The molecule has 0 amide bonds. The number of methoxy groups -OCH3 is 1. The zero-order valence-corrected chi connectivity index (χ0v) is 13.3. The second-order valence-electron chi connectivity index (χ2n) is 4.00. The summed E-state index contributed by atoms with van der Waals surface area (Å²) < 4.78 is 10.9. The molecule has 0 atom stereocenters. The van der Waals surface area contributed by atoms with Crippen LogP contribution in [-0.2, 0) is 9.59 Å². The summed E-state index contributed by atoms with van der Waals surface area (Å²) in [5.41, 5.74) is 1.09. The molecule has 1 aromatic carbocycles. The summed E-state index contributed by atoms with van der Waals surface area (Å²) in [5, 5.41) is -0.0933. The highest BCUT2D eigenvalue weighted by molar-refractivity contribution is 8.45. The molecule has 21 heavy (non-hydrogen) atoms. The van der Waals surface area contributed by atoms with Crippen LogP contribution in [0.15, 0.2) is 28.9 Å². The lowest BCUT2D eigenvalue weighted by atomic mass is 10.1. The van der Waals surface area contributed by atoms with Gasteiger partial charge < -0.3 is 9.47 Å². The number of nitrogens with zero attached hydrogens (tertiary/aromatic N) is 1. The number of esters is 1. The summed E-state index contributed by atoms with van der Waals surface area (Å²) in [6.45, 7) is 1.32. The van der Waals surface area contributed by atoms with E-state index >= 15 is 0 Å². The largest absolute Gasteiger partial charge is 0.493 e. The minimum Gasteiger partial charge on any atom is -0.493 e. The summed E-state index contributed by atoms with van der Waals surface area (Å²) in [4.78, 5) is 27.1. The molecule has 2 rings (SSSR count). The quantitative estimate of drug-likeness (QED) is 0.484. The Morgan fingerprint density at radius 2 is 2.14 bits per heavy atom. The average molecular weight is 323 g/mol. The van der Waals surface area contributed by atoms with Gasteiger partial charge in [0.05, 0.1) is 7.11 Å². The van der Waals surface area contributed by atoms with Crippen LogP contribution in [-0.4, -0.2) is 28.8 Å². The van der Waals surface area contributed by atoms with E-state index < -0.39 is 5.97 Å². The maximum Gasteiger partial charge on any atom is 0.308 e. The Hall–Kier alpha value is -1.73. The molecule has 7 heteroatoms. The van der Waals surface area contributed by atoms with Crippen molar-refractivity contribution in [1.82, 2.24) is 0 Å². The van der Waals surface area contributed by atoms with Gasteiger partial charge in [-0.2, -0.15) is 0 Å². The van der Waals surface area contributed by atoms with E-state index in [-0.39, 0.29) is 5.12 Å². The SMILES string of the molecule is COc1ccc(/C=C2/N=C(SC)SC2=O)cc1OC(C)=O. The third-order valence-corrected chi connectivity index (χ3v) is 4.37. The number of hydrogen-bond acceptors (Lipinski definition) is 7. The van der Waals surface area contributed by atoms with E-state index in [0.717, 1.165) is 16.1 Å². The smallest absolute Gasteiger partial charge is 0.308 e. The highest BCUT2D eigenvalue weighted by atomic mass is 32.2. The number of hydrogen-bond donors (Lipinski definition) is 0. The summed E-state index contributed by atoms with van der Waals surface area (Å²) in [7, 11) is 1.49. The van der Waals surface area contributed by atoms with Gasteiger partial charge >= 0.3 is 5.97 Å². The van der Waals surface area contributed by atoms with Crippen LogP contribution in [0.1, 0.15) is 12.5 Å². The lowest BCUT2D eigenvalue weighted by molar-refractivity contribution is -0.132. The Labute approximate surface area is 130 Å². The maximum absolute atomic E-state index is 11.8. The lowest BCUT2D eigenvalue weighted by Crippen LogP contribution is -2.03. The van der Waals surface area contributed by atoms with Crippen LogP contribution in [0.4, 0.5) is 0 Å². The predicted molar refractivity (Wildman–Crippen MR) is 85.8 cm³/mol. The first-order valence-electron chi connectivity index (χ1n) is 5.96. The first-order valence-corrected chi connectivity index (χ1v) is 8.00. The zero-order valence-electron chi connectivity index (χ0n) is 11.7. The molecule has 0 aromatic heterocycles. The van der Waals surface area contributed by atoms with Gasteiger partial charge in [0, 0.05) is 6.92 Å². The van der Waals surface area contributed by atoms with Gasteiger partial charge in [-0.3, -0.25) is 9.59 Å². The molecule has 0 fully saturated rings. The fraction of sp³-hybridized carbons (Fsp3) is 0.214. The molecule has 0 radical (unpaired) electrons. The number of carbonyl (C=O) groups is 2. The fourth-order valence-electron chi connectivity index (χ4n) is 1.65. The molecule has 0 saturated heterocycles. The standard InChI is InChI=1S/C14H13NO4S2/c1-8(16)19-12-7-9(4-5-11(12)18-2)6-10-13(17)21-14(15-10)20-3/h4-7H,1-3H3/b10-6+. The van der Waals surface area contributed by atoms with Crippen LogP contribution in [0.5, 0.6) is 11.5 Å². The average Bonchev–Trinajstić information content (AvgIpc) is 2.79. The Bertz CT molecular complexity index is 652. The second kappa shape index (κ2) is 6.82. The summed E-state index contributed by atoms with van der Waals surface area (Å²) in [6, 6.07) is 5.08. The minimum atomic E-state index is -0.437. The van der Waals surface area contributed by atoms with Gasteiger partial charge in [0.15, 0.2) is 11.5 Å². The first kappa shape index (κ1) is 15.7.